The van der Waals surface area contributed by atoms with Crippen molar-refractivity contribution in [3.05, 3.63) is 16.6 Å². The zero-order chi connectivity index (χ0) is 11.5. The highest BCUT2D eigenvalue weighted by molar-refractivity contribution is 7.09. The molecule has 1 aliphatic rings. The van der Waals surface area contributed by atoms with Crippen LogP contribution in [0.5, 0.6) is 0 Å². The molecule has 0 saturated carbocycles. The van der Waals surface area contributed by atoms with Crippen LogP contribution in [0.25, 0.3) is 0 Å². The van der Waals surface area contributed by atoms with Gasteiger partial charge < -0.3 is 10.0 Å². The molecule has 0 spiro atoms. The van der Waals surface area contributed by atoms with E-state index < -0.39 is 11.9 Å². The highest BCUT2D eigenvalue weighted by atomic mass is 32.1. The van der Waals surface area contributed by atoms with Crippen LogP contribution in [0.1, 0.15) is 11.3 Å². The Kier molecular flexibility index (Phi) is 3.19. The Morgan fingerprint density at radius 3 is 3.06 bits per heavy atom. The molecule has 16 heavy (non-hydrogen) atoms. The number of carboxylic acid groups (broad SMARTS) is 1. The second kappa shape index (κ2) is 4.61. The Hall–Kier alpha value is -1.43. The zero-order valence-corrected chi connectivity index (χ0v) is 9.44. The Morgan fingerprint density at radius 1 is 1.69 bits per heavy atom. The first-order valence-electron chi connectivity index (χ1n) is 5.05. The molecule has 0 radical (unpaired) electrons. The van der Waals surface area contributed by atoms with Gasteiger partial charge in [-0.25, -0.2) is 0 Å². The fourth-order valence-corrected chi connectivity index (χ4v) is 2.35. The topological polar surface area (TPSA) is 70.5 Å². The number of aliphatic carboxylic acids is 1. The maximum Gasteiger partial charge on any atom is 0.308 e. The quantitative estimate of drug-likeness (QED) is 0.837. The van der Waals surface area contributed by atoms with Crippen LogP contribution >= 0.6 is 11.3 Å². The van der Waals surface area contributed by atoms with Crippen LogP contribution in [0.4, 0.5) is 0 Å². The first kappa shape index (κ1) is 11.1. The summed E-state index contributed by atoms with van der Waals surface area (Å²) in [5, 5.41) is 8.81. The molecule has 2 heterocycles. The summed E-state index contributed by atoms with van der Waals surface area (Å²) < 4.78 is 0. The highest BCUT2D eigenvalue weighted by Gasteiger charge is 2.33. The van der Waals surface area contributed by atoms with Gasteiger partial charge in [0.25, 0.3) is 0 Å². The van der Waals surface area contributed by atoms with E-state index in [0.29, 0.717) is 13.1 Å². The molecule has 6 heteroatoms. The summed E-state index contributed by atoms with van der Waals surface area (Å²) in [6.45, 7) is 0.928. The number of hydrogen-bond donors (Lipinski definition) is 1. The van der Waals surface area contributed by atoms with Crippen LogP contribution in [-0.2, 0) is 16.0 Å². The third-order valence-corrected chi connectivity index (χ3v) is 3.51. The van der Waals surface area contributed by atoms with E-state index in [2.05, 4.69) is 4.98 Å². The van der Waals surface area contributed by atoms with Crippen LogP contribution in [-0.4, -0.2) is 40.0 Å². The number of hydrogen-bond acceptors (Lipinski definition) is 4. The summed E-state index contributed by atoms with van der Waals surface area (Å²) >= 11 is 1.55. The van der Waals surface area contributed by atoms with Gasteiger partial charge in [-0.05, 0) is 0 Å². The van der Waals surface area contributed by atoms with Gasteiger partial charge in [-0.3, -0.25) is 14.6 Å². The van der Waals surface area contributed by atoms with Crippen molar-refractivity contribution in [1.82, 2.24) is 9.88 Å². The van der Waals surface area contributed by atoms with Crippen LogP contribution in [0.3, 0.4) is 0 Å². The second-order valence-corrected chi connectivity index (χ2v) is 4.77. The summed E-state index contributed by atoms with van der Waals surface area (Å²) in [6, 6.07) is 0. The molecule has 1 fully saturated rings. The van der Waals surface area contributed by atoms with Gasteiger partial charge >= 0.3 is 5.97 Å². The van der Waals surface area contributed by atoms with Gasteiger partial charge in [-0.1, -0.05) is 0 Å². The van der Waals surface area contributed by atoms with Crippen molar-refractivity contribution in [2.45, 2.75) is 12.8 Å². The van der Waals surface area contributed by atoms with E-state index in [0.717, 1.165) is 11.3 Å². The molecule has 5 nitrogen and oxygen atoms in total. The third kappa shape index (κ3) is 2.38. The molecule has 0 aliphatic carbocycles. The number of thiazole rings is 1. The summed E-state index contributed by atoms with van der Waals surface area (Å²) in [6.07, 6.45) is 2.67. The average molecular weight is 240 g/mol. The second-order valence-electron chi connectivity index (χ2n) is 3.80. The van der Waals surface area contributed by atoms with Gasteiger partial charge in [0, 0.05) is 37.0 Å². The maximum absolute atomic E-state index is 11.5. The van der Waals surface area contributed by atoms with Crippen LogP contribution in [0.15, 0.2) is 11.7 Å². The number of amides is 1. The predicted molar refractivity (Wildman–Crippen MR) is 58.1 cm³/mol. The minimum absolute atomic E-state index is 0.0584. The van der Waals surface area contributed by atoms with Gasteiger partial charge in [0.1, 0.15) is 0 Å². The maximum atomic E-state index is 11.5. The van der Waals surface area contributed by atoms with E-state index >= 15 is 0 Å². The van der Waals surface area contributed by atoms with Crippen molar-refractivity contribution in [1.29, 1.82) is 0 Å². The Morgan fingerprint density at radius 2 is 2.50 bits per heavy atom. The van der Waals surface area contributed by atoms with Crippen molar-refractivity contribution in [2.24, 2.45) is 5.92 Å². The molecule has 2 rings (SSSR count). The minimum atomic E-state index is -0.881. The molecular weight excluding hydrogens is 228 g/mol. The number of nitrogens with zero attached hydrogens (tertiary/aromatic N) is 2. The van der Waals surface area contributed by atoms with Crippen molar-refractivity contribution in [3.8, 4) is 0 Å². The lowest BCUT2D eigenvalue weighted by Crippen LogP contribution is -2.28. The number of likely N-dealkylation sites (tertiary alicyclic amines) is 1. The predicted octanol–water partition coefficient (Wildman–Crippen LogP) is 0.619. The van der Waals surface area contributed by atoms with Crippen LogP contribution < -0.4 is 0 Å². The van der Waals surface area contributed by atoms with E-state index in [1.54, 1.807) is 27.9 Å². The van der Waals surface area contributed by atoms with Crippen molar-refractivity contribution < 1.29 is 14.7 Å². The summed E-state index contributed by atoms with van der Waals surface area (Å²) in [5.74, 6) is -1.47. The summed E-state index contributed by atoms with van der Waals surface area (Å²) in [7, 11) is 0. The fraction of sp³-hybridized carbons (Fsp3) is 0.500. The Balaban J connectivity index is 1.87. The number of aromatic nitrogens is 1. The van der Waals surface area contributed by atoms with Crippen LogP contribution in [0, 0.1) is 5.92 Å². The zero-order valence-electron chi connectivity index (χ0n) is 8.63. The van der Waals surface area contributed by atoms with E-state index in [9.17, 15) is 9.59 Å². The fourth-order valence-electron chi connectivity index (χ4n) is 1.76. The van der Waals surface area contributed by atoms with E-state index in [-0.39, 0.29) is 12.3 Å². The third-order valence-electron chi connectivity index (χ3n) is 2.68. The first-order chi connectivity index (χ1) is 7.66. The molecule has 86 valence electrons. The SMILES string of the molecule is O=C(O)C1CC(=O)N(CCc2cncs2)C1. The van der Waals surface area contributed by atoms with Gasteiger partial charge in [0.05, 0.1) is 11.4 Å². The highest BCUT2D eigenvalue weighted by Crippen LogP contribution is 2.18. The molecule has 1 aromatic heterocycles. The van der Waals surface area contributed by atoms with E-state index in [1.165, 1.54) is 0 Å². The smallest absolute Gasteiger partial charge is 0.308 e. The molecule has 1 amide bonds. The normalized spacial score (nSPS) is 20.4. The van der Waals surface area contributed by atoms with Gasteiger partial charge in [0.2, 0.25) is 5.91 Å². The molecule has 1 atom stereocenters. The van der Waals surface area contributed by atoms with E-state index in [1.807, 2.05) is 0 Å². The lowest BCUT2D eigenvalue weighted by atomic mass is 10.1. The lowest BCUT2D eigenvalue weighted by Gasteiger charge is -2.14. The van der Waals surface area contributed by atoms with Crippen molar-refractivity contribution in [3.63, 3.8) is 0 Å². The number of carbonyl (C=O) groups is 2. The molecule has 1 saturated heterocycles. The molecule has 0 aromatic carbocycles. The van der Waals surface area contributed by atoms with Gasteiger partial charge in [-0.2, -0.15) is 0 Å². The number of carbonyl (C=O) groups excluding carboxylic acids is 1. The molecule has 1 aromatic rings. The lowest BCUT2D eigenvalue weighted by molar-refractivity contribution is -0.141. The van der Waals surface area contributed by atoms with E-state index in [4.69, 9.17) is 5.11 Å². The number of rotatable bonds is 4. The average Bonchev–Trinajstić information content (AvgIpc) is 2.84. The molecular formula is C10H12N2O3S. The summed E-state index contributed by atoms with van der Waals surface area (Å²) in [5.41, 5.74) is 1.75. The standard InChI is InChI=1S/C10H12N2O3S/c13-9-3-7(10(14)15)5-12(9)2-1-8-4-11-6-16-8/h4,6-7H,1-3,5H2,(H,14,15). The van der Waals surface area contributed by atoms with Gasteiger partial charge in [-0.15, -0.1) is 11.3 Å². The Bertz CT molecular complexity index is 391. The monoisotopic (exact) mass is 240 g/mol. The molecule has 1 N–H and O–H groups in total. The Labute approximate surface area is 96.7 Å². The van der Waals surface area contributed by atoms with Crippen molar-refractivity contribution in [2.75, 3.05) is 13.1 Å². The number of carboxylic acids is 1. The van der Waals surface area contributed by atoms with Gasteiger partial charge in [0.15, 0.2) is 0 Å². The molecule has 1 aliphatic heterocycles. The molecule has 1 unspecified atom stereocenters. The van der Waals surface area contributed by atoms with Crippen molar-refractivity contribution >= 4 is 23.2 Å². The summed E-state index contributed by atoms with van der Waals surface area (Å²) in [4.78, 5) is 28.9. The largest absolute Gasteiger partial charge is 0.481 e. The molecule has 0 bridgehead atoms. The minimum Gasteiger partial charge on any atom is -0.481 e. The van der Waals surface area contributed by atoms with Crippen LogP contribution in [0.2, 0.25) is 0 Å². The first-order valence-corrected chi connectivity index (χ1v) is 5.92.